The first-order valence-corrected chi connectivity index (χ1v) is 8.39. The van der Waals surface area contributed by atoms with E-state index < -0.39 is 0 Å². The van der Waals surface area contributed by atoms with Crippen LogP contribution in [0.3, 0.4) is 0 Å². The molecular weight excluding hydrogens is 296 g/mol. The number of hydrogen-bond donors (Lipinski definition) is 0. The Morgan fingerprint density at radius 1 is 0.958 bits per heavy atom. The molecule has 3 heterocycles. The van der Waals surface area contributed by atoms with Gasteiger partial charge in [0, 0.05) is 29.5 Å². The van der Waals surface area contributed by atoms with E-state index in [1.807, 2.05) is 12.4 Å². The Morgan fingerprint density at radius 2 is 1.83 bits per heavy atom. The Morgan fingerprint density at radius 3 is 2.79 bits per heavy atom. The van der Waals surface area contributed by atoms with Crippen LogP contribution in [0.2, 0.25) is 0 Å². The lowest BCUT2D eigenvalue weighted by atomic mass is 9.98. The number of nitrogens with zero attached hydrogens (tertiary/aromatic N) is 2. The highest BCUT2D eigenvalue weighted by molar-refractivity contribution is 6.08. The molecule has 0 aliphatic carbocycles. The van der Waals surface area contributed by atoms with Crippen molar-refractivity contribution in [1.29, 1.82) is 0 Å². The number of benzene rings is 2. The minimum Gasteiger partial charge on any atom is -0.493 e. The highest BCUT2D eigenvalue weighted by Gasteiger charge is 2.13. The van der Waals surface area contributed by atoms with Gasteiger partial charge >= 0.3 is 0 Å². The van der Waals surface area contributed by atoms with Crippen molar-refractivity contribution in [2.24, 2.45) is 7.05 Å². The molecule has 0 bridgehead atoms. The van der Waals surface area contributed by atoms with Crippen LogP contribution in [0.15, 0.2) is 54.9 Å². The van der Waals surface area contributed by atoms with Crippen molar-refractivity contribution in [1.82, 2.24) is 9.55 Å². The lowest BCUT2D eigenvalue weighted by Gasteiger charge is -2.18. The first-order valence-electron chi connectivity index (χ1n) is 8.39. The molecule has 24 heavy (non-hydrogen) atoms. The van der Waals surface area contributed by atoms with Crippen LogP contribution in [0.1, 0.15) is 12.0 Å². The normalized spacial score (nSPS) is 13.9. The van der Waals surface area contributed by atoms with Gasteiger partial charge in [-0.15, -0.1) is 0 Å². The van der Waals surface area contributed by atoms with Crippen LogP contribution in [0.5, 0.6) is 5.75 Å². The summed E-state index contributed by atoms with van der Waals surface area (Å²) in [5.41, 5.74) is 6.24. The molecule has 0 unspecified atom stereocenters. The molecule has 4 aromatic rings. The van der Waals surface area contributed by atoms with Gasteiger partial charge < -0.3 is 9.30 Å². The second-order valence-electron chi connectivity index (χ2n) is 6.46. The Balaban J connectivity index is 1.72. The maximum Gasteiger partial charge on any atom is 0.122 e. The molecule has 0 radical (unpaired) electrons. The summed E-state index contributed by atoms with van der Waals surface area (Å²) in [7, 11) is 2.10. The van der Waals surface area contributed by atoms with E-state index in [0.717, 1.165) is 25.2 Å². The zero-order valence-corrected chi connectivity index (χ0v) is 13.6. The number of ether oxygens (including phenoxy) is 1. The predicted octanol–water partition coefficient (Wildman–Crippen LogP) is 4.72. The molecular formula is C21H18N2O. The minimum atomic E-state index is 0.836. The molecule has 2 aromatic carbocycles. The largest absolute Gasteiger partial charge is 0.493 e. The average molecular weight is 314 g/mol. The first-order chi connectivity index (χ1) is 11.8. The van der Waals surface area contributed by atoms with Crippen molar-refractivity contribution < 1.29 is 4.74 Å². The second-order valence-corrected chi connectivity index (χ2v) is 6.46. The Hall–Kier alpha value is -2.81. The summed E-state index contributed by atoms with van der Waals surface area (Å²) >= 11 is 0. The van der Waals surface area contributed by atoms with E-state index in [1.54, 1.807) is 0 Å². The number of aryl methyl sites for hydroxylation is 2. The van der Waals surface area contributed by atoms with Crippen LogP contribution in [0, 0.1) is 0 Å². The van der Waals surface area contributed by atoms with Gasteiger partial charge in [0.05, 0.1) is 18.3 Å². The fourth-order valence-electron chi connectivity index (χ4n) is 3.77. The van der Waals surface area contributed by atoms with Crippen LogP contribution in [-0.4, -0.2) is 16.2 Å². The highest BCUT2D eigenvalue weighted by Crippen LogP contribution is 2.34. The van der Waals surface area contributed by atoms with Gasteiger partial charge in [0.25, 0.3) is 0 Å². The molecule has 3 heteroatoms. The molecule has 2 aromatic heterocycles. The van der Waals surface area contributed by atoms with Crippen LogP contribution >= 0.6 is 0 Å². The Bertz CT molecular complexity index is 1080. The van der Waals surface area contributed by atoms with E-state index in [9.17, 15) is 0 Å². The fourth-order valence-corrected chi connectivity index (χ4v) is 3.77. The molecule has 0 fully saturated rings. The van der Waals surface area contributed by atoms with E-state index >= 15 is 0 Å². The number of pyridine rings is 1. The predicted molar refractivity (Wildman–Crippen MR) is 97.5 cm³/mol. The molecule has 0 spiro atoms. The number of fused-ring (bicyclic) bond motifs is 4. The van der Waals surface area contributed by atoms with Crippen molar-refractivity contribution in [2.45, 2.75) is 12.8 Å². The van der Waals surface area contributed by atoms with E-state index in [-0.39, 0.29) is 0 Å². The SMILES string of the molecule is Cn1c2ccc(-c3ccc4c(c3)CCCO4)cc2c2ccncc21. The van der Waals surface area contributed by atoms with Crippen LogP contribution in [0.25, 0.3) is 32.9 Å². The molecule has 5 rings (SSSR count). The standard InChI is InChI=1S/C21H18N2O/c1-23-19-6-4-15(12-18(19)17-8-9-22-13-20(17)23)14-5-7-21-16(11-14)3-2-10-24-21/h4-9,11-13H,2-3,10H2,1H3. The lowest BCUT2D eigenvalue weighted by molar-refractivity contribution is 0.288. The number of aromatic nitrogens is 2. The van der Waals surface area contributed by atoms with E-state index in [2.05, 4.69) is 59.1 Å². The summed E-state index contributed by atoms with van der Waals surface area (Å²) in [5, 5.41) is 2.53. The van der Waals surface area contributed by atoms with Gasteiger partial charge in [0.1, 0.15) is 5.75 Å². The first kappa shape index (κ1) is 13.6. The van der Waals surface area contributed by atoms with E-state index in [4.69, 9.17) is 4.74 Å². The van der Waals surface area contributed by atoms with Crippen LogP contribution in [0.4, 0.5) is 0 Å². The quantitative estimate of drug-likeness (QED) is 0.508. The van der Waals surface area contributed by atoms with Gasteiger partial charge in [0.2, 0.25) is 0 Å². The molecule has 3 nitrogen and oxygen atoms in total. The smallest absolute Gasteiger partial charge is 0.122 e. The maximum atomic E-state index is 5.74. The van der Waals surface area contributed by atoms with Gasteiger partial charge in [-0.2, -0.15) is 0 Å². The third kappa shape index (κ3) is 1.94. The molecule has 0 saturated carbocycles. The van der Waals surface area contributed by atoms with Gasteiger partial charge in [-0.05, 0) is 59.9 Å². The van der Waals surface area contributed by atoms with E-state index in [0.29, 0.717) is 0 Å². The van der Waals surface area contributed by atoms with Gasteiger partial charge in [-0.1, -0.05) is 12.1 Å². The summed E-state index contributed by atoms with van der Waals surface area (Å²) in [6.45, 7) is 0.836. The average Bonchev–Trinajstić information content (AvgIpc) is 2.94. The van der Waals surface area contributed by atoms with Gasteiger partial charge in [-0.25, -0.2) is 0 Å². The van der Waals surface area contributed by atoms with Crippen molar-refractivity contribution in [2.75, 3.05) is 6.61 Å². The zero-order chi connectivity index (χ0) is 16.1. The summed E-state index contributed by atoms with van der Waals surface area (Å²) < 4.78 is 7.95. The van der Waals surface area contributed by atoms with Crippen molar-refractivity contribution in [3.8, 4) is 16.9 Å². The van der Waals surface area contributed by atoms with Crippen molar-refractivity contribution in [3.05, 3.63) is 60.4 Å². The molecule has 1 aliphatic rings. The van der Waals surface area contributed by atoms with Crippen molar-refractivity contribution in [3.63, 3.8) is 0 Å². The summed E-state index contributed by atoms with van der Waals surface area (Å²) in [6.07, 6.45) is 6.01. The van der Waals surface area contributed by atoms with Gasteiger partial charge in [-0.3, -0.25) is 4.98 Å². The number of hydrogen-bond acceptors (Lipinski definition) is 2. The monoisotopic (exact) mass is 314 g/mol. The minimum absolute atomic E-state index is 0.836. The zero-order valence-electron chi connectivity index (χ0n) is 13.6. The van der Waals surface area contributed by atoms with E-state index in [1.165, 1.54) is 38.5 Å². The lowest BCUT2D eigenvalue weighted by Crippen LogP contribution is -2.07. The molecule has 0 saturated heterocycles. The number of rotatable bonds is 1. The Labute approximate surface area is 140 Å². The highest BCUT2D eigenvalue weighted by atomic mass is 16.5. The molecule has 0 N–H and O–H groups in total. The fraction of sp³-hybridized carbons (Fsp3) is 0.190. The second kappa shape index (κ2) is 5.10. The summed E-state index contributed by atoms with van der Waals surface area (Å²) in [6, 6.07) is 15.4. The molecule has 118 valence electrons. The van der Waals surface area contributed by atoms with Crippen molar-refractivity contribution >= 4 is 21.8 Å². The molecule has 0 amide bonds. The summed E-state index contributed by atoms with van der Waals surface area (Å²) in [4.78, 5) is 4.26. The van der Waals surface area contributed by atoms with Crippen LogP contribution in [-0.2, 0) is 13.5 Å². The maximum absolute atomic E-state index is 5.74. The summed E-state index contributed by atoms with van der Waals surface area (Å²) in [5.74, 6) is 1.04. The molecule has 0 atom stereocenters. The van der Waals surface area contributed by atoms with Crippen LogP contribution < -0.4 is 4.74 Å². The third-order valence-corrected chi connectivity index (χ3v) is 5.05. The third-order valence-electron chi connectivity index (χ3n) is 5.05. The van der Waals surface area contributed by atoms with Gasteiger partial charge in [0.15, 0.2) is 0 Å². The molecule has 1 aliphatic heterocycles. The Kier molecular flexibility index (Phi) is 2.89. The topological polar surface area (TPSA) is 27.1 Å².